The van der Waals surface area contributed by atoms with E-state index in [2.05, 4.69) is 10.0 Å². The van der Waals surface area contributed by atoms with Gasteiger partial charge in [-0.2, -0.15) is 0 Å². The molecule has 0 saturated heterocycles. The van der Waals surface area contributed by atoms with Crippen LogP contribution in [0, 0.1) is 0 Å². The SMILES string of the molecule is O=C(C=Cc1ccccc1)Nc1ccc(S(=O)(=O)Nc2ccc(Cl)cc2Cl)cc1. The molecule has 0 saturated carbocycles. The predicted molar refractivity (Wildman–Crippen MR) is 118 cm³/mol. The molecule has 0 bridgehead atoms. The molecule has 0 aliphatic heterocycles. The fourth-order valence-corrected chi connectivity index (χ4v) is 4.00. The number of halogens is 2. The third-order valence-corrected chi connectivity index (χ3v) is 5.76. The van der Waals surface area contributed by atoms with Crippen molar-refractivity contribution in [2.45, 2.75) is 4.90 Å². The quantitative estimate of drug-likeness (QED) is 0.494. The molecule has 8 heteroatoms. The van der Waals surface area contributed by atoms with Gasteiger partial charge in [-0.15, -0.1) is 0 Å². The maximum Gasteiger partial charge on any atom is 0.261 e. The number of sulfonamides is 1. The predicted octanol–water partition coefficient (Wildman–Crippen LogP) is 5.45. The lowest BCUT2D eigenvalue weighted by Gasteiger charge is -2.10. The molecule has 0 radical (unpaired) electrons. The van der Waals surface area contributed by atoms with Crippen molar-refractivity contribution in [2.24, 2.45) is 0 Å². The van der Waals surface area contributed by atoms with E-state index >= 15 is 0 Å². The minimum atomic E-state index is -3.84. The highest BCUT2D eigenvalue weighted by Gasteiger charge is 2.16. The van der Waals surface area contributed by atoms with Crippen molar-refractivity contribution in [3.63, 3.8) is 0 Å². The Balaban J connectivity index is 1.67. The van der Waals surface area contributed by atoms with E-state index in [9.17, 15) is 13.2 Å². The van der Waals surface area contributed by atoms with E-state index in [1.54, 1.807) is 6.08 Å². The summed E-state index contributed by atoms with van der Waals surface area (Å²) in [6.07, 6.45) is 3.10. The number of anilines is 2. The van der Waals surface area contributed by atoms with Gasteiger partial charge in [0.25, 0.3) is 10.0 Å². The van der Waals surface area contributed by atoms with Gasteiger partial charge in [-0.05, 0) is 54.1 Å². The summed E-state index contributed by atoms with van der Waals surface area (Å²) in [7, 11) is -3.84. The van der Waals surface area contributed by atoms with Gasteiger partial charge in [0.1, 0.15) is 0 Å². The number of nitrogens with one attached hydrogen (secondary N) is 2. The van der Waals surface area contributed by atoms with E-state index in [0.29, 0.717) is 10.7 Å². The molecule has 1 amide bonds. The molecule has 29 heavy (non-hydrogen) atoms. The maximum atomic E-state index is 12.5. The molecule has 0 unspecified atom stereocenters. The molecule has 0 aromatic heterocycles. The smallest absolute Gasteiger partial charge is 0.261 e. The van der Waals surface area contributed by atoms with Crippen LogP contribution in [0.2, 0.25) is 10.0 Å². The van der Waals surface area contributed by atoms with Gasteiger partial charge < -0.3 is 5.32 Å². The number of benzene rings is 3. The fourth-order valence-electron chi connectivity index (χ4n) is 2.41. The highest BCUT2D eigenvalue weighted by atomic mass is 35.5. The first-order valence-corrected chi connectivity index (χ1v) is 10.7. The highest BCUT2D eigenvalue weighted by Crippen LogP contribution is 2.27. The van der Waals surface area contributed by atoms with E-state index in [0.717, 1.165) is 5.56 Å². The monoisotopic (exact) mass is 446 g/mol. The third-order valence-electron chi connectivity index (χ3n) is 3.83. The normalized spacial score (nSPS) is 11.4. The van der Waals surface area contributed by atoms with Crippen LogP contribution in [0.1, 0.15) is 5.56 Å². The molecular formula is C21H16Cl2N2O3S. The second-order valence-corrected chi connectivity index (χ2v) is 8.51. The highest BCUT2D eigenvalue weighted by molar-refractivity contribution is 7.92. The van der Waals surface area contributed by atoms with E-state index < -0.39 is 10.0 Å². The summed E-state index contributed by atoms with van der Waals surface area (Å²) in [5.74, 6) is -0.324. The summed E-state index contributed by atoms with van der Waals surface area (Å²) in [5.41, 5.74) is 1.59. The van der Waals surface area contributed by atoms with Crippen LogP contribution in [0.5, 0.6) is 0 Å². The van der Waals surface area contributed by atoms with Crippen molar-refractivity contribution in [1.82, 2.24) is 0 Å². The average Bonchev–Trinajstić information content (AvgIpc) is 2.70. The van der Waals surface area contributed by atoms with Crippen LogP contribution in [0.4, 0.5) is 11.4 Å². The zero-order chi connectivity index (χ0) is 20.9. The van der Waals surface area contributed by atoms with Gasteiger partial charge in [-0.25, -0.2) is 8.42 Å². The molecule has 0 heterocycles. The summed E-state index contributed by atoms with van der Waals surface area (Å²) in [6, 6.07) is 19.7. The Morgan fingerprint density at radius 3 is 2.24 bits per heavy atom. The summed E-state index contributed by atoms with van der Waals surface area (Å²) in [5, 5.41) is 3.27. The Kier molecular flexibility index (Phi) is 6.59. The molecule has 0 aliphatic carbocycles. The topological polar surface area (TPSA) is 75.3 Å². The number of rotatable bonds is 6. The largest absolute Gasteiger partial charge is 0.323 e. The van der Waals surface area contributed by atoms with Crippen LogP contribution < -0.4 is 10.0 Å². The average molecular weight is 447 g/mol. The maximum absolute atomic E-state index is 12.5. The van der Waals surface area contributed by atoms with Gasteiger partial charge in [0, 0.05) is 16.8 Å². The first-order chi connectivity index (χ1) is 13.8. The zero-order valence-electron chi connectivity index (χ0n) is 15.0. The number of hydrogen-bond acceptors (Lipinski definition) is 3. The molecule has 148 valence electrons. The Labute approximate surface area is 179 Å². The minimum Gasteiger partial charge on any atom is -0.323 e. The van der Waals surface area contributed by atoms with Gasteiger partial charge in [0.05, 0.1) is 15.6 Å². The first kappa shape index (κ1) is 20.9. The van der Waals surface area contributed by atoms with Crippen molar-refractivity contribution in [2.75, 3.05) is 10.0 Å². The summed E-state index contributed by atoms with van der Waals surface area (Å²) in [6.45, 7) is 0. The lowest BCUT2D eigenvalue weighted by atomic mass is 10.2. The van der Waals surface area contributed by atoms with Crippen molar-refractivity contribution >= 4 is 56.6 Å². The van der Waals surface area contributed by atoms with Crippen LogP contribution in [-0.4, -0.2) is 14.3 Å². The Morgan fingerprint density at radius 1 is 0.897 bits per heavy atom. The fraction of sp³-hybridized carbons (Fsp3) is 0. The van der Waals surface area contributed by atoms with Crippen LogP contribution >= 0.6 is 23.2 Å². The molecule has 0 fully saturated rings. The second-order valence-electron chi connectivity index (χ2n) is 5.99. The molecule has 0 atom stereocenters. The van der Waals surface area contributed by atoms with E-state index in [4.69, 9.17) is 23.2 Å². The minimum absolute atomic E-state index is 0.0290. The van der Waals surface area contributed by atoms with Crippen molar-refractivity contribution in [3.8, 4) is 0 Å². The van der Waals surface area contributed by atoms with Gasteiger partial charge in [0.2, 0.25) is 5.91 Å². The Bertz CT molecular complexity index is 1150. The molecular weight excluding hydrogens is 431 g/mol. The summed E-state index contributed by atoms with van der Waals surface area (Å²) in [4.78, 5) is 12.0. The van der Waals surface area contributed by atoms with Gasteiger partial charge in [-0.1, -0.05) is 53.5 Å². The Morgan fingerprint density at radius 2 is 1.59 bits per heavy atom. The van der Waals surface area contributed by atoms with Gasteiger partial charge in [-0.3, -0.25) is 9.52 Å². The van der Waals surface area contributed by atoms with Gasteiger partial charge in [0.15, 0.2) is 0 Å². The molecule has 3 aromatic rings. The van der Waals surface area contributed by atoms with E-state index in [-0.39, 0.29) is 21.5 Å². The zero-order valence-corrected chi connectivity index (χ0v) is 17.3. The number of carbonyl (C=O) groups excluding carboxylic acids is 1. The summed E-state index contributed by atoms with van der Waals surface area (Å²) >= 11 is 11.8. The Hall–Kier alpha value is -2.80. The van der Waals surface area contributed by atoms with Gasteiger partial charge >= 0.3 is 0 Å². The molecule has 0 aliphatic rings. The van der Waals surface area contributed by atoms with Crippen molar-refractivity contribution < 1.29 is 13.2 Å². The number of amides is 1. The van der Waals surface area contributed by atoms with E-state index in [1.165, 1.54) is 48.5 Å². The van der Waals surface area contributed by atoms with Crippen LogP contribution in [0.3, 0.4) is 0 Å². The lowest BCUT2D eigenvalue weighted by Crippen LogP contribution is -2.13. The summed E-state index contributed by atoms with van der Waals surface area (Å²) < 4.78 is 27.5. The molecule has 0 spiro atoms. The number of carbonyl (C=O) groups is 1. The van der Waals surface area contributed by atoms with Crippen LogP contribution in [0.15, 0.2) is 83.8 Å². The van der Waals surface area contributed by atoms with Crippen molar-refractivity contribution in [1.29, 1.82) is 0 Å². The molecule has 3 rings (SSSR count). The first-order valence-electron chi connectivity index (χ1n) is 8.45. The molecule has 5 nitrogen and oxygen atoms in total. The second kappa shape index (κ2) is 9.13. The van der Waals surface area contributed by atoms with Crippen LogP contribution in [0.25, 0.3) is 6.08 Å². The number of hydrogen-bond donors (Lipinski definition) is 2. The van der Waals surface area contributed by atoms with Crippen LogP contribution in [-0.2, 0) is 14.8 Å². The third kappa shape index (κ3) is 5.84. The molecule has 2 N–H and O–H groups in total. The van der Waals surface area contributed by atoms with Crippen molar-refractivity contribution in [3.05, 3.63) is 94.5 Å². The standard InChI is InChI=1S/C21H16Cl2N2O3S/c22-16-7-12-20(19(23)14-16)25-29(27,28)18-10-8-17(9-11-18)24-21(26)13-6-15-4-2-1-3-5-15/h1-14,25H,(H,24,26). The van der Waals surface area contributed by atoms with E-state index in [1.807, 2.05) is 30.3 Å². The lowest BCUT2D eigenvalue weighted by molar-refractivity contribution is -0.111. The molecule has 3 aromatic carbocycles.